The highest BCUT2D eigenvalue weighted by Gasteiger charge is 2.08. The van der Waals surface area contributed by atoms with Crippen LogP contribution in [0.2, 0.25) is 5.02 Å². The summed E-state index contributed by atoms with van der Waals surface area (Å²) in [5.41, 5.74) is 2.24. The lowest BCUT2D eigenvalue weighted by molar-refractivity contribution is 0.0601. The number of anilines is 1. The van der Waals surface area contributed by atoms with Gasteiger partial charge < -0.3 is 10.1 Å². The molecule has 0 saturated carbocycles. The molecule has 1 heterocycles. The summed E-state index contributed by atoms with van der Waals surface area (Å²) >= 11 is 6.08. The van der Waals surface area contributed by atoms with Gasteiger partial charge in [0.15, 0.2) is 0 Å². The fraction of sp³-hybridized carbons (Fsp3) is 0.143. The fourth-order valence-corrected chi connectivity index (χ4v) is 1.79. The third kappa shape index (κ3) is 3.45. The zero-order valence-electron chi connectivity index (χ0n) is 10.4. The van der Waals surface area contributed by atoms with Crippen molar-refractivity contribution >= 4 is 23.3 Å². The van der Waals surface area contributed by atoms with E-state index in [1.165, 1.54) is 7.11 Å². The van der Waals surface area contributed by atoms with E-state index in [1.54, 1.807) is 30.6 Å². The fourth-order valence-electron chi connectivity index (χ4n) is 1.60. The molecular weight excluding hydrogens is 264 g/mol. The topological polar surface area (TPSA) is 51.2 Å². The number of esters is 1. The molecule has 1 N–H and O–H groups in total. The predicted octanol–water partition coefficient (Wildman–Crippen LogP) is 3.13. The molecule has 1 aromatic heterocycles. The smallest absolute Gasteiger partial charge is 0.337 e. The van der Waals surface area contributed by atoms with Crippen molar-refractivity contribution in [3.8, 4) is 0 Å². The molecule has 0 bridgehead atoms. The first-order valence-corrected chi connectivity index (χ1v) is 6.09. The third-order valence-corrected chi connectivity index (χ3v) is 2.95. The first-order chi connectivity index (χ1) is 9.20. The number of halogens is 1. The van der Waals surface area contributed by atoms with Crippen molar-refractivity contribution in [2.45, 2.75) is 6.54 Å². The van der Waals surface area contributed by atoms with Crippen molar-refractivity contribution < 1.29 is 9.53 Å². The van der Waals surface area contributed by atoms with E-state index in [-0.39, 0.29) is 5.97 Å². The van der Waals surface area contributed by atoms with Gasteiger partial charge in [-0.15, -0.1) is 0 Å². The van der Waals surface area contributed by atoms with Gasteiger partial charge in [-0.3, -0.25) is 4.98 Å². The SMILES string of the molecule is COC(=O)c1ccc(Cl)c(NCc2ccncc2)c1. The van der Waals surface area contributed by atoms with Crippen LogP contribution in [0, 0.1) is 0 Å². The third-order valence-electron chi connectivity index (χ3n) is 2.62. The van der Waals surface area contributed by atoms with Crippen LogP contribution in [0.5, 0.6) is 0 Å². The van der Waals surface area contributed by atoms with Crippen molar-refractivity contribution in [3.63, 3.8) is 0 Å². The van der Waals surface area contributed by atoms with Crippen molar-refractivity contribution in [3.05, 3.63) is 58.9 Å². The Morgan fingerprint density at radius 3 is 2.74 bits per heavy atom. The number of aromatic nitrogens is 1. The monoisotopic (exact) mass is 276 g/mol. The molecule has 5 heteroatoms. The summed E-state index contributed by atoms with van der Waals surface area (Å²) in [5, 5.41) is 3.74. The second kappa shape index (κ2) is 6.20. The summed E-state index contributed by atoms with van der Waals surface area (Å²) in [6, 6.07) is 8.79. The van der Waals surface area contributed by atoms with Gasteiger partial charge in [0.25, 0.3) is 0 Å². The number of nitrogens with zero attached hydrogens (tertiary/aromatic N) is 1. The highest BCUT2D eigenvalue weighted by Crippen LogP contribution is 2.24. The molecule has 2 rings (SSSR count). The van der Waals surface area contributed by atoms with E-state index in [9.17, 15) is 4.79 Å². The molecule has 4 nitrogen and oxygen atoms in total. The van der Waals surface area contributed by atoms with Crippen LogP contribution in [0.3, 0.4) is 0 Å². The molecule has 19 heavy (non-hydrogen) atoms. The number of ether oxygens (including phenoxy) is 1. The summed E-state index contributed by atoms with van der Waals surface area (Å²) in [6.07, 6.45) is 3.45. The lowest BCUT2D eigenvalue weighted by Crippen LogP contribution is -2.04. The number of benzene rings is 1. The summed E-state index contributed by atoms with van der Waals surface area (Å²) in [4.78, 5) is 15.4. The lowest BCUT2D eigenvalue weighted by Gasteiger charge is -2.09. The molecule has 2 aromatic rings. The van der Waals surface area contributed by atoms with Gasteiger partial charge in [0.05, 0.1) is 23.4 Å². The van der Waals surface area contributed by atoms with Gasteiger partial charge in [0, 0.05) is 18.9 Å². The first-order valence-electron chi connectivity index (χ1n) is 5.71. The van der Waals surface area contributed by atoms with Crippen LogP contribution in [-0.2, 0) is 11.3 Å². The Morgan fingerprint density at radius 2 is 2.05 bits per heavy atom. The van der Waals surface area contributed by atoms with Gasteiger partial charge >= 0.3 is 5.97 Å². The molecule has 98 valence electrons. The van der Waals surface area contributed by atoms with E-state index < -0.39 is 0 Å². The van der Waals surface area contributed by atoms with E-state index in [0.717, 1.165) is 5.56 Å². The molecule has 0 unspecified atom stereocenters. The predicted molar refractivity (Wildman–Crippen MR) is 74.4 cm³/mol. The Balaban J connectivity index is 2.13. The molecule has 0 radical (unpaired) electrons. The Labute approximate surface area is 116 Å². The Hall–Kier alpha value is -2.07. The maximum absolute atomic E-state index is 11.4. The minimum Gasteiger partial charge on any atom is -0.465 e. The second-order valence-electron chi connectivity index (χ2n) is 3.90. The van der Waals surface area contributed by atoms with Crippen LogP contribution in [-0.4, -0.2) is 18.1 Å². The van der Waals surface area contributed by atoms with Crippen molar-refractivity contribution in [2.24, 2.45) is 0 Å². The number of carbonyl (C=O) groups excluding carboxylic acids is 1. The summed E-state index contributed by atoms with van der Waals surface area (Å²) in [6.45, 7) is 0.604. The van der Waals surface area contributed by atoms with Crippen LogP contribution >= 0.6 is 11.6 Å². The molecule has 1 aromatic carbocycles. The maximum Gasteiger partial charge on any atom is 0.337 e. The summed E-state index contributed by atoms with van der Waals surface area (Å²) in [7, 11) is 1.35. The van der Waals surface area contributed by atoms with Crippen LogP contribution in [0.1, 0.15) is 15.9 Å². The molecule has 0 aliphatic carbocycles. The van der Waals surface area contributed by atoms with Crippen LogP contribution in [0.4, 0.5) is 5.69 Å². The van der Waals surface area contributed by atoms with E-state index in [0.29, 0.717) is 22.8 Å². The van der Waals surface area contributed by atoms with Gasteiger partial charge in [0.1, 0.15) is 0 Å². The first kappa shape index (κ1) is 13.4. The average Bonchev–Trinajstić information content (AvgIpc) is 2.46. The van der Waals surface area contributed by atoms with E-state index >= 15 is 0 Å². The Kier molecular flexibility index (Phi) is 4.36. The molecule has 0 aliphatic heterocycles. The summed E-state index contributed by atoms with van der Waals surface area (Å²) in [5.74, 6) is -0.386. The van der Waals surface area contributed by atoms with E-state index in [2.05, 4.69) is 15.0 Å². The minimum absolute atomic E-state index is 0.386. The van der Waals surface area contributed by atoms with Crippen molar-refractivity contribution in [1.82, 2.24) is 4.98 Å². The van der Waals surface area contributed by atoms with Crippen molar-refractivity contribution in [2.75, 3.05) is 12.4 Å². The number of pyridine rings is 1. The molecule has 0 atom stereocenters. The lowest BCUT2D eigenvalue weighted by atomic mass is 10.2. The van der Waals surface area contributed by atoms with Crippen molar-refractivity contribution in [1.29, 1.82) is 0 Å². The standard InChI is InChI=1S/C14H13ClN2O2/c1-19-14(18)11-2-3-12(15)13(8-11)17-9-10-4-6-16-7-5-10/h2-8,17H,9H2,1H3. The number of nitrogens with one attached hydrogen (secondary N) is 1. The maximum atomic E-state index is 11.4. The highest BCUT2D eigenvalue weighted by atomic mass is 35.5. The molecule has 0 fully saturated rings. The number of rotatable bonds is 4. The molecule has 0 amide bonds. The largest absolute Gasteiger partial charge is 0.465 e. The molecular formula is C14H13ClN2O2. The highest BCUT2D eigenvalue weighted by molar-refractivity contribution is 6.33. The van der Waals surface area contributed by atoms with Crippen LogP contribution in [0.25, 0.3) is 0 Å². The van der Waals surface area contributed by atoms with Gasteiger partial charge in [-0.25, -0.2) is 4.79 Å². The summed E-state index contributed by atoms with van der Waals surface area (Å²) < 4.78 is 4.68. The number of hydrogen-bond acceptors (Lipinski definition) is 4. The second-order valence-corrected chi connectivity index (χ2v) is 4.30. The van der Waals surface area contributed by atoms with Gasteiger partial charge in [-0.2, -0.15) is 0 Å². The van der Waals surface area contributed by atoms with Gasteiger partial charge in [-0.1, -0.05) is 11.6 Å². The van der Waals surface area contributed by atoms with E-state index in [1.807, 2.05) is 12.1 Å². The number of hydrogen-bond donors (Lipinski definition) is 1. The normalized spacial score (nSPS) is 10.0. The molecule has 0 saturated heterocycles. The quantitative estimate of drug-likeness (QED) is 0.872. The molecule has 0 spiro atoms. The zero-order chi connectivity index (χ0) is 13.7. The number of carbonyl (C=O) groups is 1. The van der Waals surface area contributed by atoms with E-state index in [4.69, 9.17) is 11.6 Å². The number of methoxy groups -OCH3 is 1. The minimum atomic E-state index is -0.386. The van der Waals surface area contributed by atoms with Gasteiger partial charge in [0.2, 0.25) is 0 Å². The Bertz CT molecular complexity index is 573. The zero-order valence-corrected chi connectivity index (χ0v) is 11.1. The molecule has 0 aliphatic rings. The Morgan fingerprint density at radius 1 is 1.32 bits per heavy atom. The van der Waals surface area contributed by atoms with Gasteiger partial charge in [-0.05, 0) is 35.9 Å². The van der Waals surface area contributed by atoms with Crippen LogP contribution < -0.4 is 5.32 Å². The van der Waals surface area contributed by atoms with Crippen LogP contribution in [0.15, 0.2) is 42.7 Å². The average molecular weight is 277 g/mol.